The smallest absolute Gasteiger partial charge is 0.353 e. The fraction of sp³-hybridized carbons (Fsp3) is 0.600. The first-order valence-corrected chi connectivity index (χ1v) is 5.63. The molecule has 0 spiro atoms. The second kappa shape index (κ2) is 4.52. The minimum Gasteiger partial charge on any atom is -0.378 e. The molecule has 1 aromatic heterocycles. The van der Waals surface area contributed by atoms with Crippen molar-refractivity contribution in [2.24, 2.45) is 5.92 Å². The number of anilines is 2. The summed E-state index contributed by atoms with van der Waals surface area (Å²) in [6.07, 6.45) is 3.39. The van der Waals surface area contributed by atoms with Gasteiger partial charge in [-0.15, -0.1) is 0 Å². The van der Waals surface area contributed by atoms with E-state index in [4.69, 9.17) is 5.73 Å². The van der Waals surface area contributed by atoms with Crippen LogP contribution in [0.4, 0.5) is 17.3 Å². The molecule has 1 aromatic rings. The van der Waals surface area contributed by atoms with E-state index in [1.54, 1.807) is 0 Å². The van der Waals surface area contributed by atoms with Crippen LogP contribution in [0.15, 0.2) is 6.33 Å². The average molecular weight is 237 g/mol. The van der Waals surface area contributed by atoms with Crippen molar-refractivity contribution in [1.82, 2.24) is 9.97 Å². The first-order valence-electron chi connectivity index (χ1n) is 5.63. The highest BCUT2D eigenvalue weighted by Crippen LogP contribution is 2.33. The Balaban J connectivity index is 2.33. The number of nitro groups is 1. The summed E-state index contributed by atoms with van der Waals surface area (Å²) in [7, 11) is 0. The van der Waals surface area contributed by atoms with Crippen molar-refractivity contribution in [2.45, 2.75) is 19.8 Å². The van der Waals surface area contributed by atoms with Gasteiger partial charge in [-0.05, 0) is 12.3 Å². The van der Waals surface area contributed by atoms with E-state index in [1.165, 1.54) is 6.33 Å². The molecule has 1 aliphatic rings. The molecule has 92 valence electrons. The van der Waals surface area contributed by atoms with Gasteiger partial charge < -0.3 is 10.6 Å². The van der Waals surface area contributed by atoms with Gasteiger partial charge in [-0.2, -0.15) is 0 Å². The molecule has 1 saturated heterocycles. The van der Waals surface area contributed by atoms with Crippen LogP contribution in [0.25, 0.3) is 0 Å². The van der Waals surface area contributed by atoms with E-state index in [1.807, 2.05) is 4.90 Å². The predicted octanol–water partition coefficient (Wildman–Crippen LogP) is 1.20. The molecule has 2 heterocycles. The maximum absolute atomic E-state index is 11.0. The summed E-state index contributed by atoms with van der Waals surface area (Å²) in [4.78, 5) is 20.1. The third kappa shape index (κ3) is 2.13. The van der Waals surface area contributed by atoms with Gasteiger partial charge >= 0.3 is 5.69 Å². The Labute approximate surface area is 98.8 Å². The number of nitrogens with two attached hydrogens (primary N) is 1. The topological polar surface area (TPSA) is 98.2 Å². The molecule has 2 rings (SSSR count). The SMILES string of the molecule is CCC1CCN(c2ncnc(N)c2[N+](=O)[O-])C1. The highest BCUT2D eigenvalue weighted by molar-refractivity contribution is 5.68. The Hall–Kier alpha value is -1.92. The summed E-state index contributed by atoms with van der Waals surface area (Å²) < 4.78 is 0. The minimum absolute atomic E-state index is 0.0695. The molecule has 0 aliphatic carbocycles. The van der Waals surface area contributed by atoms with Crippen molar-refractivity contribution in [2.75, 3.05) is 23.7 Å². The molecule has 0 aromatic carbocycles. The van der Waals surface area contributed by atoms with Crippen molar-refractivity contribution in [3.05, 3.63) is 16.4 Å². The number of hydrogen-bond donors (Lipinski definition) is 1. The van der Waals surface area contributed by atoms with Gasteiger partial charge in [-0.3, -0.25) is 10.1 Å². The molecule has 1 atom stereocenters. The van der Waals surface area contributed by atoms with E-state index >= 15 is 0 Å². The lowest BCUT2D eigenvalue weighted by molar-refractivity contribution is -0.383. The van der Waals surface area contributed by atoms with Gasteiger partial charge in [0.25, 0.3) is 0 Å². The number of nitrogen functional groups attached to an aromatic ring is 1. The summed E-state index contributed by atoms with van der Waals surface area (Å²) >= 11 is 0. The number of hydrogen-bond acceptors (Lipinski definition) is 6. The van der Waals surface area contributed by atoms with Crippen molar-refractivity contribution in [3.8, 4) is 0 Å². The lowest BCUT2D eigenvalue weighted by Crippen LogP contribution is -2.22. The summed E-state index contributed by atoms with van der Waals surface area (Å²) in [5.74, 6) is 0.851. The molecule has 7 nitrogen and oxygen atoms in total. The molecule has 0 bridgehead atoms. The van der Waals surface area contributed by atoms with E-state index in [-0.39, 0.29) is 11.5 Å². The summed E-state index contributed by atoms with van der Waals surface area (Å²) in [6.45, 7) is 3.71. The zero-order chi connectivity index (χ0) is 12.4. The Morgan fingerprint density at radius 2 is 2.41 bits per heavy atom. The Kier molecular flexibility index (Phi) is 3.08. The number of rotatable bonds is 3. The molecule has 1 aliphatic heterocycles. The van der Waals surface area contributed by atoms with Gasteiger partial charge in [-0.1, -0.05) is 13.3 Å². The highest BCUT2D eigenvalue weighted by atomic mass is 16.6. The predicted molar refractivity (Wildman–Crippen MR) is 63.7 cm³/mol. The zero-order valence-corrected chi connectivity index (χ0v) is 9.67. The minimum atomic E-state index is -0.510. The Morgan fingerprint density at radius 1 is 1.65 bits per heavy atom. The molecule has 0 saturated carbocycles. The second-order valence-electron chi connectivity index (χ2n) is 4.20. The quantitative estimate of drug-likeness (QED) is 0.626. The zero-order valence-electron chi connectivity index (χ0n) is 9.67. The van der Waals surface area contributed by atoms with Crippen LogP contribution in [0.5, 0.6) is 0 Å². The molecular formula is C10H15N5O2. The fourth-order valence-electron chi connectivity index (χ4n) is 2.15. The molecule has 17 heavy (non-hydrogen) atoms. The van der Waals surface area contributed by atoms with E-state index < -0.39 is 4.92 Å². The summed E-state index contributed by atoms with van der Waals surface area (Å²) in [5, 5.41) is 11.0. The highest BCUT2D eigenvalue weighted by Gasteiger charge is 2.30. The second-order valence-corrected chi connectivity index (χ2v) is 4.20. The van der Waals surface area contributed by atoms with Crippen molar-refractivity contribution in [3.63, 3.8) is 0 Å². The van der Waals surface area contributed by atoms with Gasteiger partial charge in [0.1, 0.15) is 6.33 Å². The van der Waals surface area contributed by atoms with Gasteiger partial charge in [0.2, 0.25) is 11.6 Å². The maximum Gasteiger partial charge on any atom is 0.353 e. The first kappa shape index (κ1) is 11.6. The van der Waals surface area contributed by atoms with Gasteiger partial charge in [-0.25, -0.2) is 9.97 Å². The molecular weight excluding hydrogens is 222 g/mol. The molecule has 0 radical (unpaired) electrons. The van der Waals surface area contributed by atoms with Crippen LogP contribution in [0.2, 0.25) is 0 Å². The van der Waals surface area contributed by atoms with E-state index in [2.05, 4.69) is 16.9 Å². The van der Waals surface area contributed by atoms with Crippen molar-refractivity contribution in [1.29, 1.82) is 0 Å². The van der Waals surface area contributed by atoms with Crippen LogP contribution < -0.4 is 10.6 Å². The Morgan fingerprint density at radius 3 is 3.00 bits per heavy atom. The van der Waals surface area contributed by atoms with Crippen LogP contribution in [0, 0.1) is 16.0 Å². The Bertz CT molecular complexity index is 437. The van der Waals surface area contributed by atoms with Crippen LogP contribution >= 0.6 is 0 Å². The van der Waals surface area contributed by atoms with Crippen LogP contribution in [-0.4, -0.2) is 28.0 Å². The van der Waals surface area contributed by atoms with E-state index in [0.717, 1.165) is 25.9 Å². The molecule has 0 amide bonds. The molecule has 2 N–H and O–H groups in total. The van der Waals surface area contributed by atoms with Gasteiger partial charge in [0, 0.05) is 13.1 Å². The third-order valence-corrected chi connectivity index (χ3v) is 3.18. The van der Waals surface area contributed by atoms with Crippen molar-refractivity contribution < 1.29 is 4.92 Å². The molecule has 7 heteroatoms. The number of nitrogens with zero attached hydrogens (tertiary/aromatic N) is 4. The monoisotopic (exact) mass is 237 g/mol. The first-order chi connectivity index (χ1) is 8.13. The van der Waals surface area contributed by atoms with Gasteiger partial charge in [0.05, 0.1) is 4.92 Å². The van der Waals surface area contributed by atoms with Gasteiger partial charge in [0.15, 0.2) is 0 Å². The third-order valence-electron chi connectivity index (χ3n) is 3.18. The van der Waals surface area contributed by atoms with Crippen molar-refractivity contribution >= 4 is 17.3 Å². The fourth-order valence-corrected chi connectivity index (χ4v) is 2.15. The normalized spacial score (nSPS) is 19.6. The largest absolute Gasteiger partial charge is 0.378 e. The lowest BCUT2D eigenvalue weighted by atomic mass is 10.1. The molecule has 1 fully saturated rings. The van der Waals surface area contributed by atoms with E-state index in [0.29, 0.717) is 11.7 Å². The van der Waals surface area contributed by atoms with Crippen LogP contribution in [-0.2, 0) is 0 Å². The summed E-state index contributed by atoms with van der Waals surface area (Å²) in [6, 6.07) is 0. The number of aromatic nitrogens is 2. The maximum atomic E-state index is 11.0. The lowest BCUT2D eigenvalue weighted by Gasteiger charge is -2.16. The van der Waals surface area contributed by atoms with E-state index in [9.17, 15) is 10.1 Å². The average Bonchev–Trinajstić information content (AvgIpc) is 2.76. The standard InChI is InChI=1S/C10H15N5O2/c1-2-7-3-4-14(5-7)10-8(15(16)17)9(11)12-6-13-10/h6-7H,2-5H2,1H3,(H2,11,12,13). The van der Waals surface area contributed by atoms with Crippen LogP contribution in [0.3, 0.4) is 0 Å². The molecule has 1 unspecified atom stereocenters. The van der Waals surface area contributed by atoms with Crippen LogP contribution in [0.1, 0.15) is 19.8 Å². The summed E-state index contributed by atoms with van der Waals surface area (Å²) in [5.41, 5.74) is 5.36.